The van der Waals surface area contributed by atoms with Gasteiger partial charge in [-0.25, -0.2) is 13.2 Å². The molecule has 3 rings (SSSR count). The van der Waals surface area contributed by atoms with Gasteiger partial charge in [-0.15, -0.1) is 0 Å². The molecule has 1 atom stereocenters. The number of halogens is 3. The standard InChI is InChI=1S/C22H19F3N2O4S/c1-3-12(2)31-16-7-5-4-6-13(16)10-17-21(29)27(22(30)32-17)11-18(28)26-15-9-8-14(23)19(24)20(15)25/h4-10,12H,3,11H2,1-2H3,(H,26,28)/b17-10+/t12-/m0/s1. The number of ether oxygens (including phenoxy) is 1. The van der Waals surface area contributed by atoms with Crippen molar-refractivity contribution in [1.82, 2.24) is 4.90 Å². The van der Waals surface area contributed by atoms with Crippen molar-refractivity contribution >= 4 is 40.6 Å². The van der Waals surface area contributed by atoms with Crippen LogP contribution in [0.4, 0.5) is 23.7 Å². The SMILES string of the molecule is CC[C@H](C)Oc1ccccc1/C=C1/SC(=O)N(CC(=O)Nc2ccc(F)c(F)c2F)C1=O. The van der Waals surface area contributed by atoms with Crippen LogP contribution in [0.2, 0.25) is 0 Å². The van der Waals surface area contributed by atoms with E-state index in [9.17, 15) is 27.6 Å². The molecule has 1 fully saturated rings. The number of nitrogens with zero attached hydrogens (tertiary/aromatic N) is 1. The fraction of sp³-hybridized carbons (Fsp3) is 0.227. The van der Waals surface area contributed by atoms with Gasteiger partial charge in [-0.2, -0.15) is 0 Å². The molecule has 0 aromatic heterocycles. The van der Waals surface area contributed by atoms with Gasteiger partial charge in [0.2, 0.25) is 5.91 Å². The molecular weight excluding hydrogens is 445 g/mol. The molecule has 0 radical (unpaired) electrons. The number of hydrogen-bond acceptors (Lipinski definition) is 5. The van der Waals surface area contributed by atoms with Crippen LogP contribution in [0.25, 0.3) is 6.08 Å². The first-order valence-corrected chi connectivity index (χ1v) is 10.5. The molecule has 1 saturated heterocycles. The molecule has 0 unspecified atom stereocenters. The van der Waals surface area contributed by atoms with Crippen molar-refractivity contribution in [2.24, 2.45) is 0 Å². The Morgan fingerprint density at radius 3 is 2.59 bits per heavy atom. The summed E-state index contributed by atoms with van der Waals surface area (Å²) in [6.07, 6.45) is 2.22. The average molecular weight is 464 g/mol. The van der Waals surface area contributed by atoms with Gasteiger partial charge in [-0.1, -0.05) is 25.1 Å². The molecule has 1 aliphatic heterocycles. The Balaban J connectivity index is 1.74. The number of rotatable bonds is 7. The molecule has 0 bridgehead atoms. The van der Waals surface area contributed by atoms with Gasteiger partial charge in [-0.3, -0.25) is 19.3 Å². The molecular formula is C22H19F3N2O4S. The maximum absolute atomic E-state index is 13.7. The van der Waals surface area contributed by atoms with Crippen LogP contribution >= 0.6 is 11.8 Å². The van der Waals surface area contributed by atoms with E-state index in [-0.39, 0.29) is 11.0 Å². The van der Waals surface area contributed by atoms with Gasteiger partial charge in [0.25, 0.3) is 11.1 Å². The minimum Gasteiger partial charge on any atom is -0.490 e. The van der Waals surface area contributed by atoms with E-state index >= 15 is 0 Å². The maximum atomic E-state index is 13.7. The largest absolute Gasteiger partial charge is 0.490 e. The molecule has 1 heterocycles. The Morgan fingerprint density at radius 1 is 1.16 bits per heavy atom. The smallest absolute Gasteiger partial charge is 0.294 e. The van der Waals surface area contributed by atoms with Crippen LogP contribution in [-0.4, -0.2) is 34.6 Å². The third-order valence-electron chi connectivity index (χ3n) is 4.59. The van der Waals surface area contributed by atoms with Crippen LogP contribution in [0, 0.1) is 17.5 Å². The van der Waals surface area contributed by atoms with Gasteiger partial charge >= 0.3 is 0 Å². The summed E-state index contributed by atoms with van der Waals surface area (Å²) in [5, 5.41) is 1.34. The first-order valence-electron chi connectivity index (χ1n) is 9.65. The van der Waals surface area contributed by atoms with Crippen molar-refractivity contribution in [3.8, 4) is 5.75 Å². The van der Waals surface area contributed by atoms with Crippen molar-refractivity contribution in [2.45, 2.75) is 26.4 Å². The second-order valence-corrected chi connectivity index (χ2v) is 7.91. The van der Waals surface area contributed by atoms with Gasteiger partial charge in [0.15, 0.2) is 17.5 Å². The summed E-state index contributed by atoms with van der Waals surface area (Å²) >= 11 is 0.645. The lowest BCUT2D eigenvalue weighted by atomic mass is 10.1. The number of carbonyl (C=O) groups excluding carboxylic acids is 3. The zero-order valence-electron chi connectivity index (χ0n) is 17.2. The highest BCUT2D eigenvalue weighted by molar-refractivity contribution is 8.18. The van der Waals surface area contributed by atoms with Crippen LogP contribution in [-0.2, 0) is 9.59 Å². The number of thioether (sulfide) groups is 1. The van der Waals surface area contributed by atoms with Gasteiger partial charge < -0.3 is 10.1 Å². The van der Waals surface area contributed by atoms with Gasteiger partial charge in [0, 0.05) is 5.56 Å². The molecule has 32 heavy (non-hydrogen) atoms. The number of para-hydroxylation sites is 1. The lowest BCUT2D eigenvalue weighted by Crippen LogP contribution is -2.36. The molecule has 0 aliphatic carbocycles. The van der Waals surface area contributed by atoms with E-state index in [1.165, 1.54) is 6.08 Å². The highest BCUT2D eigenvalue weighted by Gasteiger charge is 2.36. The van der Waals surface area contributed by atoms with Crippen molar-refractivity contribution < 1.29 is 32.3 Å². The van der Waals surface area contributed by atoms with Gasteiger partial charge in [0.05, 0.1) is 16.7 Å². The van der Waals surface area contributed by atoms with Gasteiger partial charge in [-0.05, 0) is 49.4 Å². The molecule has 6 nitrogen and oxygen atoms in total. The number of carbonyl (C=O) groups is 3. The van der Waals surface area contributed by atoms with Crippen LogP contribution < -0.4 is 10.1 Å². The average Bonchev–Trinajstić information content (AvgIpc) is 3.02. The third kappa shape index (κ3) is 5.13. The van der Waals surface area contributed by atoms with Crippen LogP contribution in [0.3, 0.4) is 0 Å². The van der Waals surface area contributed by atoms with Crippen molar-refractivity contribution in [3.63, 3.8) is 0 Å². The highest BCUT2D eigenvalue weighted by atomic mass is 32.2. The molecule has 1 N–H and O–H groups in total. The summed E-state index contributed by atoms with van der Waals surface area (Å²) in [5.41, 5.74) is -0.0147. The number of benzene rings is 2. The molecule has 0 saturated carbocycles. The molecule has 10 heteroatoms. The van der Waals surface area contributed by atoms with E-state index in [0.717, 1.165) is 12.5 Å². The van der Waals surface area contributed by atoms with E-state index in [1.54, 1.807) is 24.3 Å². The van der Waals surface area contributed by atoms with Crippen molar-refractivity contribution in [3.05, 3.63) is 64.3 Å². The van der Waals surface area contributed by atoms with E-state index in [4.69, 9.17) is 4.74 Å². The van der Waals surface area contributed by atoms with Gasteiger partial charge in [0.1, 0.15) is 12.3 Å². The molecule has 168 valence electrons. The first-order chi connectivity index (χ1) is 15.2. The molecule has 0 spiro atoms. The number of imide groups is 1. The molecule has 2 aromatic rings. The number of amides is 3. The lowest BCUT2D eigenvalue weighted by Gasteiger charge is -2.15. The molecule has 1 aliphatic rings. The fourth-order valence-corrected chi connectivity index (χ4v) is 3.57. The summed E-state index contributed by atoms with van der Waals surface area (Å²) in [4.78, 5) is 37.9. The second kappa shape index (κ2) is 9.90. The summed E-state index contributed by atoms with van der Waals surface area (Å²) in [5.74, 6) is -5.84. The normalized spacial score (nSPS) is 15.9. The summed E-state index contributed by atoms with van der Waals surface area (Å²) < 4.78 is 45.9. The number of hydrogen-bond donors (Lipinski definition) is 1. The van der Waals surface area contributed by atoms with E-state index in [1.807, 2.05) is 19.2 Å². The fourth-order valence-electron chi connectivity index (χ4n) is 2.74. The summed E-state index contributed by atoms with van der Waals surface area (Å²) in [7, 11) is 0. The zero-order chi connectivity index (χ0) is 23.4. The van der Waals surface area contributed by atoms with Crippen molar-refractivity contribution in [1.29, 1.82) is 0 Å². The zero-order valence-corrected chi connectivity index (χ0v) is 18.0. The lowest BCUT2D eigenvalue weighted by molar-refractivity contribution is -0.127. The Kier molecular flexibility index (Phi) is 7.24. The monoisotopic (exact) mass is 464 g/mol. The van der Waals surface area contributed by atoms with Crippen LogP contribution in [0.1, 0.15) is 25.8 Å². The Hall–Kier alpha value is -3.27. The van der Waals surface area contributed by atoms with Crippen LogP contribution in [0.15, 0.2) is 41.3 Å². The summed E-state index contributed by atoms with van der Waals surface area (Å²) in [6, 6.07) is 8.49. The van der Waals surface area contributed by atoms with Crippen LogP contribution in [0.5, 0.6) is 5.75 Å². The summed E-state index contributed by atoms with van der Waals surface area (Å²) in [6.45, 7) is 3.15. The minimum atomic E-state index is -1.74. The molecule has 3 amide bonds. The Labute approximate surface area is 186 Å². The van der Waals surface area contributed by atoms with Crippen molar-refractivity contribution in [2.75, 3.05) is 11.9 Å². The predicted octanol–water partition coefficient (Wildman–Crippen LogP) is 4.96. The Bertz CT molecular complexity index is 1110. The maximum Gasteiger partial charge on any atom is 0.294 e. The number of anilines is 1. The predicted molar refractivity (Wildman–Crippen MR) is 114 cm³/mol. The molecule has 2 aromatic carbocycles. The second-order valence-electron chi connectivity index (χ2n) is 6.91. The first kappa shape index (κ1) is 23.4. The highest BCUT2D eigenvalue weighted by Crippen LogP contribution is 2.34. The van der Waals surface area contributed by atoms with E-state index in [2.05, 4.69) is 0 Å². The van der Waals surface area contributed by atoms with E-state index in [0.29, 0.717) is 34.0 Å². The third-order valence-corrected chi connectivity index (χ3v) is 5.50. The Morgan fingerprint density at radius 2 is 1.88 bits per heavy atom. The number of nitrogens with one attached hydrogen (secondary N) is 1. The minimum absolute atomic E-state index is 0.0556. The quantitative estimate of drug-likeness (QED) is 0.463. The topological polar surface area (TPSA) is 75.7 Å². The van der Waals surface area contributed by atoms with E-state index < -0.39 is 46.7 Å².